The van der Waals surface area contributed by atoms with Crippen LogP contribution in [0.2, 0.25) is 0 Å². The van der Waals surface area contributed by atoms with Gasteiger partial charge in [-0.05, 0) is 35.7 Å². The molecular formula is C16H16O4. The molecule has 4 nitrogen and oxygen atoms in total. The number of hydrogen-bond donors (Lipinski definition) is 2. The summed E-state index contributed by atoms with van der Waals surface area (Å²) in [4.78, 5) is 11.1. The summed E-state index contributed by atoms with van der Waals surface area (Å²) in [6.07, 6.45) is 0. The zero-order chi connectivity index (χ0) is 14.5. The van der Waals surface area contributed by atoms with Gasteiger partial charge in [-0.1, -0.05) is 30.3 Å². The zero-order valence-corrected chi connectivity index (χ0v) is 11.2. The molecule has 0 radical (unpaired) electrons. The maximum absolute atomic E-state index is 11.1. The fourth-order valence-electron chi connectivity index (χ4n) is 1.83. The van der Waals surface area contributed by atoms with Crippen molar-refractivity contribution in [3.8, 4) is 5.75 Å². The van der Waals surface area contributed by atoms with Crippen LogP contribution in [0.1, 0.15) is 27.0 Å². The van der Waals surface area contributed by atoms with E-state index >= 15 is 0 Å². The van der Waals surface area contributed by atoms with Crippen LogP contribution in [-0.2, 0) is 13.2 Å². The van der Waals surface area contributed by atoms with Gasteiger partial charge in [-0.25, -0.2) is 4.79 Å². The van der Waals surface area contributed by atoms with Gasteiger partial charge >= 0.3 is 5.97 Å². The zero-order valence-electron chi connectivity index (χ0n) is 11.2. The fourth-order valence-corrected chi connectivity index (χ4v) is 1.83. The summed E-state index contributed by atoms with van der Waals surface area (Å²) in [6, 6.07) is 12.3. The number of benzene rings is 2. The normalized spacial score (nSPS) is 10.3. The Balaban J connectivity index is 2.13. The Labute approximate surface area is 117 Å². The van der Waals surface area contributed by atoms with Crippen molar-refractivity contribution in [3.05, 3.63) is 64.7 Å². The van der Waals surface area contributed by atoms with Crippen LogP contribution < -0.4 is 4.74 Å². The number of aromatic carboxylic acids is 1. The highest BCUT2D eigenvalue weighted by Crippen LogP contribution is 2.21. The lowest BCUT2D eigenvalue weighted by molar-refractivity contribution is 0.0691. The molecule has 0 saturated heterocycles. The SMILES string of the molecule is Cc1ccc(C(=O)O)c(OCc2ccc(CO)cc2)c1. The van der Waals surface area contributed by atoms with E-state index in [4.69, 9.17) is 14.9 Å². The topological polar surface area (TPSA) is 66.8 Å². The van der Waals surface area contributed by atoms with Gasteiger partial charge in [-0.15, -0.1) is 0 Å². The van der Waals surface area contributed by atoms with Gasteiger partial charge in [0, 0.05) is 0 Å². The number of carbonyl (C=O) groups is 1. The second-order valence-electron chi connectivity index (χ2n) is 4.57. The molecule has 0 aliphatic carbocycles. The van der Waals surface area contributed by atoms with Crippen molar-refractivity contribution >= 4 is 5.97 Å². The van der Waals surface area contributed by atoms with Gasteiger partial charge in [0.25, 0.3) is 0 Å². The van der Waals surface area contributed by atoms with Gasteiger partial charge in [-0.3, -0.25) is 0 Å². The smallest absolute Gasteiger partial charge is 0.339 e. The quantitative estimate of drug-likeness (QED) is 0.878. The minimum Gasteiger partial charge on any atom is -0.488 e. The van der Waals surface area contributed by atoms with Gasteiger partial charge in [0.1, 0.15) is 17.9 Å². The predicted molar refractivity (Wildman–Crippen MR) is 74.8 cm³/mol. The van der Waals surface area contributed by atoms with Crippen molar-refractivity contribution in [1.82, 2.24) is 0 Å². The van der Waals surface area contributed by atoms with E-state index < -0.39 is 5.97 Å². The summed E-state index contributed by atoms with van der Waals surface area (Å²) in [5.41, 5.74) is 2.85. The summed E-state index contributed by atoms with van der Waals surface area (Å²) in [5, 5.41) is 18.1. The second kappa shape index (κ2) is 6.21. The Kier molecular flexibility index (Phi) is 4.38. The van der Waals surface area contributed by atoms with E-state index in [1.165, 1.54) is 0 Å². The molecule has 2 N–H and O–H groups in total. The lowest BCUT2D eigenvalue weighted by Gasteiger charge is -2.10. The third-order valence-corrected chi connectivity index (χ3v) is 2.97. The third-order valence-electron chi connectivity index (χ3n) is 2.97. The third kappa shape index (κ3) is 3.36. The first-order chi connectivity index (χ1) is 9.60. The molecule has 0 bridgehead atoms. The van der Waals surface area contributed by atoms with E-state index in [9.17, 15) is 4.79 Å². The predicted octanol–water partition coefficient (Wildman–Crippen LogP) is 2.76. The first-order valence-corrected chi connectivity index (χ1v) is 6.25. The van der Waals surface area contributed by atoms with Gasteiger partial charge in [-0.2, -0.15) is 0 Å². The van der Waals surface area contributed by atoms with Crippen molar-refractivity contribution < 1.29 is 19.7 Å². The second-order valence-corrected chi connectivity index (χ2v) is 4.57. The van der Waals surface area contributed by atoms with Crippen LogP contribution in [0.4, 0.5) is 0 Å². The Morgan fingerprint density at radius 2 is 1.75 bits per heavy atom. The molecule has 20 heavy (non-hydrogen) atoms. The number of rotatable bonds is 5. The van der Waals surface area contributed by atoms with Crippen LogP contribution in [0.15, 0.2) is 42.5 Å². The fraction of sp³-hybridized carbons (Fsp3) is 0.188. The van der Waals surface area contributed by atoms with E-state index in [-0.39, 0.29) is 18.8 Å². The first kappa shape index (κ1) is 14.1. The van der Waals surface area contributed by atoms with Crippen LogP contribution in [0.3, 0.4) is 0 Å². The molecule has 0 aliphatic rings. The molecule has 0 aliphatic heterocycles. The van der Waals surface area contributed by atoms with Crippen molar-refractivity contribution in [3.63, 3.8) is 0 Å². The molecule has 2 rings (SSSR count). The summed E-state index contributed by atoms with van der Waals surface area (Å²) in [7, 11) is 0. The van der Waals surface area contributed by atoms with Gasteiger partial charge in [0.2, 0.25) is 0 Å². The highest BCUT2D eigenvalue weighted by molar-refractivity contribution is 5.90. The molecule has 4 heteroatoms. The van der Waals surface area contributed by atoms with Gasteiger partial charge in [0.05, 0.1) is 6.61 Å². The largest absolute Gasteiger partial charge is 0.488 e. The Hall–Kier alpha value is -2.33. The summed E-state index contributed by atoms with van der Waals surface area (Å²) in [5.74, 6) is -0.639. The number of carboxylic acid groups (broad SMARTS) is 1. The standard InChI is InChI=1S/C16H16O4/c1-11-2-7-14(16(18)19)15(8-11)20-10-13-5-3-12(9-17)4-6-13/h2-8,17H,9-10H2,1H3,(H,18,19). The summed E-state index contributed by atoms with van der Waals surface area (Å²) in [6.45, 7) is 2.17. The molecule has 0 atom stereocenters. The summed E-state index contributed by atoms with van der Waals surface area (Å²) >= 11 is 0. The van der Waals surface area contributed by atoms with Crippen LogP contribution >= 0.6 is 0 Å². The maximum Gasteiger partial charge on any atom is 0.339 e. The van der Waals surface area contributed by atoms with Crippen molar-refractivity contribution in [2.45, 2.75) is 20.1 Å². The molecule has 104 valence electrons. The van der Waals surface area contributed by atoms with Crippen LogP contribution in [0.25, 0.3) is 0 Å². The molecule has 0 unspecified atom stereocenters. The number of aliphatic hydroxyl groups is 1. The molecule has 0 heterocycles. The molecule has 0 saturated carbocycles. The highest BCUT2D eigenvalue weighted by Gasteiger charge is 2.11. The van der Waals surface area contributed by atoms with Crippen molar-refractivity contribution in [2.75, 3.05) is 0 Å². The van der Waals surface area contributed by atoms with E-state index in [1.807, 2.05) is 31.2 Å². The molecule has 0 spiro atoms. The van der Waals surface area contributed by atoms with Crippen LogP contribution in [-0.4, -0.2) is 16.2 Å². The lowest BCUT2D eigenvalue weighted by atomic mass is 10.1. The average molecular weight is 272 g/mol. The Bertz CT molecular complexity index is 602. The minimum atomic E-state index is -1.00. The van der Waals surface area contributed by atoms with Gasteiger partial charge < -0.3 is 14.9 Å². The molecule has 0 aromatic heterocycles. The van der Waals surface area contributed by atoms with E-state index in [0.717, 1.165) is 16.7 Å². The Morgan fingerprint density at radius 1 is 1.10 bits per heavy atom. The number of aryl methyl sites for hydroxylation is 1. The summed E-state index contributed by atoms with van der Waals surface area (Å²) < 4.78 is 5.60. The maximum atomic E-state index is 11.1. The molecular weight excluding hydrogens is 256 g/mol. The monoisotopic (exact) mass is 272 g/mol. The number of carboxylic acids is 1. The van der Waals surface area contributed by atoms with Crippen molar-refractivity contribution in [1.29, 1.82) is 0 Å². The first-order valence-electron chi connectivity index (χ1n) is 6.25. The minimum absolute atomic E-state index is 0.00216. The van der Waals surface area contributed by atoms with Gasteiger partial charge in [0.15, 0.2) is 0 Å². The number of hydrogen-bond acceptors (Lipinski definition) is 3. The number of aliphatic hydroxyl groups excluding tert-OH is 1. The molecule has 2 aromatic carbocycles. The molecule has 0 amide bonds. The number of ether oxygens (including phenoxy) is 1. The highest BCUT2D eigenvalue weighted by atomic mass is 16.5. The van der Waals surface area contributed by atoms with E-state index in [1.54, 1.807) is 18.2 Å². The lowest BCUT2D eigenvalue weighted by Crippen LogP contribution is -2.03. The molecule has 2 aromatic rings. The van der Waals surface area contributed by atoms with Crippen LogP contribution in [0.5, 0.6) is 5.75 Å². The molecule has 0 fully saturated rings. The van der Waals surface area contributed by atoms with Crippen molar-refractivity contribution in [2.24, 2.45) is 0 Å². The Morgan fingerprint density at radius 3 is 2.35 bits per heavy atom. The van der Waals surface area contributed by atoms with Crippen LogP contribution in [0, 0.1) is 6.92 Å². The van der Waals surface area contributed by atoms with E-state index in [0.29, 0.717) is 5.75 Å². The van der Waals surface area contributed by atoms with E-state index in [2.05, 4.69) is 0 Å². The average Bonchev–Trinajstić information content (AvgIpc) is 2.45.